The lowest BCUT2D eigenvalue weighted by Gasteiger charge is -2.43. The first-order chi connectivity index (χ1) is 15.4. The Bertz CT molecular complexity index is 713. The van der Waals surface area contributed by atoms with Gasteiger partial charge in [0.25, 0.3) is 5.91 Å². The van der Waals surface area contributed by atoms with Crippen LogP contribution in [0.5, 0.6) is 0 Å². The number of nitrogens with two attached hydrogens (primary N) is 1. The molecule has 180 valence electrons. The van der Waals surface area contributed by atoms with Crippen LogP contribution < -0.4 is 16.4 Å². The van der Waals surface area contributed by atoms with Crippen molar-refractivity contribution < 1.29 is 9.53 Å². The molecule has 7 heteroatoms. The summed E-state index contributed by atoms with van der Waals surface area (Å²) in [5.41, 5.74) is 7.24. The number of pyridine rings is 1. The minimum atomic E-state index is -0.418. The van der Waals surface area contributed by atoms with Crippen LogP contribution in [0.2, 0.25) is 0 Å². The second kappa shape index (κ2) is 12.0. The van der Waals surface area contributed by atoms with Crippen molar-refractivity contribution in [2.45, 2.75) is 109 Å². The van der Waals surface area contributed by atoms with Crippen LogP contribution >= 0.6 is 0 Å². The van der Waals surface area contributed by atoms with E-state index in [-0.39, 0.29) is 12.0 Å². The number of amides is 1. The van der Waals surface area contributed by atoms with Gasteiger partial charge in [-0.15, -0.1) is 0 Å². The monoisotopic (exact) mass is 445 g/mol. The highest BCUT2D eigenvalue weighted by atomic mass is 16.5. The normalized spacial score (nSPS) is 20.4. The molecule has 1 aromatic heterocycles. The summed E-state index contributed by atoms with van der Waals surface area (Å²) in [7, 11) is 1.81. The maximum atomic E-state index is 12.7. The Balaban J connectivity index is 1.76. The molecule has 0 saturated heterocycles. The molecule has 2 fully saturated rings. The molecule has 2 saturated carbocycles. The predicted octanol–water partition coefficient (Wildman–Crippen LogP) is 3.82. The van der Waals surface area contributed by atoms with Gasteiger partial charge in [-0.25, -0.2) is 4.98 Å². The predicted molar refractivity (Wildman–Crippen MR) is 130 cm³/mol. The van der Waals surface area contributed by atoms with E-state index in [1.165, 1.54) is 51.4 Å². The molecule has 4 N–H and O–H groups in total. The van der Waals surface area contributed by atoms with Gasteiger partial charge >= 0.3 is 0 Å². The number of nitrogens with zero attached hydrogens (tertiary/aromatic N) is 2. The summed E-state index contributed by atoms with van der Waals surface area (Å²) in [5, 5.41) is 6.21. The first-order valence-corrected chi connectivity index (χ1v) is 12.5. The molecule has 7 nitrogen and oxygen atoms in total. The number of hydrogen-bond donors (Lipinski definition) is 3. The first kappa shape index (κ1) is 24.9. The van der Waals surface area contributed by atoms with E-state index >= 15 is 0 Å². The number of aryl methyl sites for hydroxylation is 1. The summed E-state index contributed by atoms with van der Waals surface area (Å²) in [6.45, 7) is 6.58. The van der Waals surface area contributed by atoms with E-state index in [4.69, 9.17) is 10.5 Å². The summed E-state index contributed by atoms with van der Waals surface area (Å²) in [6.07, 6.45) is 13.0. The third-order valence-electron chi connectivity index (χ3n) is 7.12. The van der Waals surface area contributed by atoms with Gasteiger partial charge in [-0.2, -0.15) is 0 Å². The van der Waals surface area contributed by atoms with Gasteiger partial charge in [0.15, 0.2) is 0 Å². The van der Waals surface area contributed by atoms with E-state index < -0.39 is 6.17 Å². The Labute approximate surface area is 193 Å². The van der Waals surface area contributed by atoms with Gasteiger partial charge in [-0.1, -0.05) is 32.6 Å². The van der Waals surface area contributed by atoms with Crippen LogP contribution in [0, 0.1) is 6.92 Å². The van der Waals surface area contributed by atoms with Crippen LogP contribution in [-0.4, -0.2) is 59.8 Å². The summed E-state index contributed by atoms with van der Waals surface area (Å²) >= 11 is 0. The number of carbonyl (C=O) groups is 1. The third kappa shape index (κ3) is 6.21. The maximum Gasteiger partial charge on any atom is 0.256 e. The number of carbonyl (C=O) groups excluding carboxylic acids is 1. The fraction of sp³-hybridized carbons (Fsp3) is 0.760. The van der Waals surface area contributed by atoms with Crippen LogP contribution in [0.15, 0.2) is 12.3 Å². The topological polar surface area (TPSA) is 92.5 Å². The first-order valence-electron chi connectivity index (χ1n) is 12.5. The van der Waals surface area contributed by atoms with Crippen molar-refractivity contribution in [1.29, 1.82) is 0 Å². The molecule has 2 aliphatic carbocycles. The lowest BCUT2D eigenvalue weighted by atomic mass is 9.98. The molecule has 0 aliphatic heterocycles. The molecular formula is C25H43N5O2. The fourth-order valence-electron chi connectivity index (χ4n) is 5.65. The van der Waals surface area contributed by atoms with Crippen molar-refractivity contribution >= 4 is 11.7 Å². The van der Waals surface area contributed by atoms with Gasteiger partial charge in [0, 0.05) is 38.0 Å². The number of aromatic nitrogens is 1. The molecule has 3 rings (SSSR count). The number of nitrogens with one attached hydrogen (secondary N) is 2. The van der Waals surface area contributed by atoms with Crippen LogP contribution in [0.25, 0.3) is 0 Å². The zero-order valence-corrected chi connectivity index (χ0v) is 20.4. The number of hydrogen-bond acceptors (Lipinski definition) is 6. The molecule has 0 bridgehead atoms. The van der Waals surface area contributed by atoms with Crippen molar-refractivity contribution in [3.63, 3.8) is 0 Å². The van der Waals surface area contributed by atoms with Crippen LogP contribution in [-0.2, 0) is 4.74 Å². The molecule has 1 aromatic rings. The average Bonchev–Trinajstić information content (AvgIpc) is 3.48. The second-order valence-electron chi connectivity index (χ2n) is 9.63. The molecular weight excluding hydrogens is 402 g/mol. The van der Waals surface area contributed by atoms with E-state index in [0.717, 1.165) is 12.0 Å². The summed E-state index contributed by atoms with van der Waals surface area (Å²) in [6, 6.07) is 3.55. The highest BCUT2D eigenvalue weighted by Gasteiger charge is 2.38. The zero-order valence-electron chi connectivity index (χ0n) is 20.4. The van der Waals surface area contributed by atoms with E-state index in [2.05, 4.69) is 27.4 Å². The molecule has 32 heavy (non-hydrogen) atoms. The van der Waals surface area contributed by atoms with Crippen molar-refractivity contribution in [2.24, 2.45) is 5.73 Å². The smallest absolute Gasteiger partial charge is 0.256 e. The van der Waals surface area contributed by atoms with Crippen LogP contribution in [0.3, 0.4) is 0 Å². The Kier molecular flexibility index (Phi) is 9.32. The maximum absolute atomic E-state index is 12.7. The van der Waals surface area contributed by atoms with Gasteiger partial charge < -0.3 is 21.1 Å². The van der Waals surface area contributed by atoms with E-state index in [1.807, 2.05) is 20.1 Å². The van der Waals surface area contributed by atoms with Crippen molar-refractivity contribution in [2.75, 3.05) is 19.0 Å². The number of ether oxygens (including phenoxy) is 1. The van der Waals surface area contributed by atoms with Crippen molar-refractivity contribution in [3.8, 4) is 0 Å². The standard InChI is InChI=1S/C25H43N5O2/c1-5-22(30(19-10-6-7-11-19)20-12-8-9-13-20)23(32-4)16-28-24-21(14-17(2)15-27-24)25(31)29-18(3)26/h14-15,18-20,22-23H,5-13,16,26H2,1-4H3,(H,27,28)(H,29,31)/t18?,22?,23-/m0/s1. The number of methoxy groups -OCH3 is 1. The largest absolute Gasteiger partial charge is 0.378 e. The molecule has 0 aromatic carbocycles. The molecule has 1 amide bonds. The molecule has 3 atom stereocenters. The Morgan fingerprint density at radius 2 is 1.81 bits per heavy atom. The van der Waals surface area contributed by atoms with Crippen molar-refractivity contribution in [1.82, 2.24) is 15.2 Å². The third-order valence-corrected chi connectivity index (χ3v) is 7.12. The summed E-state index contributed by atoms with van der Waals surface area (Å²) < 4.78 is 6.06. The van der Waals surface area contributed by atoms with Gasteiger partial charge in [-0.05, 0) is 57.6 Å². The minimum absolute atomic E-state index is 0.0219. The molecule has 0 spiro atoms. The lowest BCUT2D eigenvalue weighted by Crippen LogP contribution is -2.54. The lowest BCUT2D eigenvalue weighted by molar-refractivity contribution is -0.0195. The highest BCUT2D eigenvalue weighted by molar-refractivity contribution is 5.99. The van der Waals surface area contributed by atoms with Gasteiger partial charge in [-0.3, -0.25) is 9.69 Å². The van der Waals surface area contributed by atoms with Crippen LogP contribution in [0.4, 0.5) is 5.82 Å². The van der Waals surface area contributed by atoms with Gasteiger partial charge in [0.05, 0.1) is 17.8 Å². The second-order valence-corrected chi connectivity index (χ2v) is 9.63. The minimum Gasteiger partial charge on any atom is -0.378 e. The number of anilines is 1. The van der Waals surface area contributed by atoms with E-state index in [0.29, 0.717) is 36.1 Å². The summed E-state index contributed by atoms with van der Waals surface area (Å²) in [4.78, 5) is 20.0. The van der Waals surface area contributed by atoms with Gasteiger partial charge in [0.2, 0.25) is 0 Å². The van der Waals surface area contributed by atoms with Crippen molar-refractivity contribution in [3.05, 3.63) is 23.4 Å². The molecule has 0 radical (unpaired) electrons. The number of rotatable bonds is 11. The van der Waals surface area contributed by atoms with E-state index in [1.54, 1.807) is 13.1 Å². The molecule has 2 aliphatic rings. The Morgan fingerprint density at radius 1 is 1.22 bits per heavy atom. The SMILES string of the molecule is CCC([C@H](CNc1ncc(C)cc1C(=O)NC(C)N)OC)N(C1CCCC1)C1CCCC1. The molecule has 2 unspecified atom stereocenters. The fourth-order valence-corrected chi connectivity index (χ4v) is 5.65. The molecule has 1 heterocycles. The van der Waals surface area contributed by atoms with Gasteiger partial charge in [0.1, 0.15) is 5.82 Å². The highest BCUT2D eigenvalue weighted by Crippen LogP contribution is 2.35. The van der Waals surface area contributed by atoms with E-state index in [9.17, 15) is 4.79 Å². The quantitative estimate of drug-likeness (QED) is 0.449. The zero-order chi connectivity index (χ0) is 23.1. The van der Waals surface area contributed by atoms with Crippen LogP contribution in [0.1, 0.15) is 87.6 Å². The average molecular weight is 446 g/mol. The summed E-state index contributed by atoms with van der Waals surface area (Å²) in [5.74, 6) is 0.372. The Hall–Kier alpha value is -1.70. The Morgan fingerprint density at radius 3 is 2.31 bits per heavy atom.